The van der Waals surface area contributed by atoms with Crippen molar-refractivity contribution in [1.29, 1.82) is 0 Å². The van der Waals surface area contributed by atoms with Crippen molar-refractivity contribution in [2.24, 2.45) is 0 Å². The van der Waals surface area contributed by atoms with E-state index in [0.29, 0.717) is 37.8 Å². The van der Waals surface area contributed by atoms with Gasteiger partial charge in [-0.25, -0.2) is 23.2 Å². The van der Waals surface area contributed by atoms with Gasteiger partial charge in [-0.3, -0.25) is 0 Å². The summed E-state index contributed by atoms with van der Waals surface area (Å²) in [5.41, 5.74) is 3.04. The first kappa shape index (κ1) is 23.4. The van der Waals surface area contributed by atoms with Crippen LogP contribution in [0.1, 0.15) is 32.0 Å². The van der Waals surface area contributed by atoms with Gasteiger partial charge in [0.1, 0.15) is 5.82 Å². The summed E-state index contributed by atoms with van der Waals surface area (Å²) >= 11 is 0. The number of benzene rings is 1. The summed E-state index contributed by atoms with van der Waals surface area (Å²) in [6, 6.07) is 7.15. The Hall–Kier alpha value is -2.76. The first-order chi connectivity index (χ1) is 15.8. The molecule has 0 unspecified atom stereocenters. The molecule has 1 aromatic carbocycles. The molecule has 0 radical (unpaired) electrons. The fourth-order valence-corrected chi connectivity index (χ4v) is 5.05. The molecule has 2 aromatic rings. The summed E-state index contributed by atoms with van der Waals surface area (Å²) in [4.78, 5) is 23.6. The Morgan fingerprint density at radius 1 is 1.18 bits per heavy atom. The number of nitrogens with one attached hydrogen (secondary N) is 2. The average Bonchev–Trinajstić information content (AvgIpc) is 3.25. The van der Waals surface area contributed by atoms with Gasteiger partial charge in [0.25, 0.3) is 0 Å². The molecule has 3 heterocycles. The Bertz CT molecular complexity index is 1120. The Labute approximate surface area is 194 Å². The minimum Gasteiger partial charge on any atom is -0.377 e. The van der Waals surface area contributed by atoms with Crippen LogP contribution in [0, 0.1) is 0 Å². The normalized spacial score (nSPS) is 18.8. The number of urea groups is 1. The van der Waals surface area contributed by atoms with Gasteiger partial charge in [0.15, 0.2) is 5.82 Å². The van der Waals surface area contributed by atoms with E-state index < -0.39 is 10.0 Å². The second-order valence-electron chi connectivity index (χ2n) is 8.14. The molecule has 2 aliphatic rings. The average molecular weight is 475 g/mol. The zero-order chi connectivity index (χ0) is 23.6. The molecule has 2 aliphatic heterocycles. The van der Waals surface area contributed by atoms with Gasteiger partial charge in [-0.15, -0.1) is 0 Å². The fraction of sp³-hybridized carbons (Fsp3) is 0.500. The number of sulfonamides is 1. The summed E-state index contributed by atoms with van der Waals surface area (Å²) < 4.78 is 32.2. The second-order valence-corrected chi connectivity index (χ2v) is 10.4. The number of aromatic nitrogens is 2. The topological polar surface area (TPSA) is 117 Å². The van der Waals surface area contributed by atoms with Crippen molar-refractivity contribution in [3.63, 3.8) is 0 Å². The molecule has 1 fully saturated rings. The van der Waals surface area contributed by atoms with Crippen LogP contribution in [0.2, 0.25) is 0 Å². The lowest BCUT2D eigenvalue weighted by Crippen LogP contribution is -2.44. The number of rotatable bonds is 6. The van der Waals surface area contributed by atoms with Crippen LogP contribution < -0.4 is 15.5 Å². The van der Waals surface area contributed by atoms with Crippen molar-refractivity contribution in [3.8, 4) is 11.4 Å². The molecule has 0 saturated carbocycles. The molecule has 4 rings (SSSR count). The molecule has 0 spiro atoms. The van der Waals surface area contributed by atoms with E-state index in [1.54, 1.807) is 19.1 Å². The number of carbonyl (C=O) groups is 1. The smallest absolute Gasteiger partial charge is 0.319 e. The minimum absolute atomic E-state index is 0.0463. The predicted octanol–water partition coefficient (Wildman–Crippen LogP) is 2.18. The van der Waals surface area contributed by atoms with Gasteiger partial charge in [-0.05, 0) is 45.0 Å². The molecule has 1 atom stereocenters. The third kappa shape index (κ3) is 4.94. The van der Waals surface area contributed by atoms with E-state index in [1.165, 1.54) is 4.31 Å². The van der Waals surface area contributed by atoms with Crippen LogP contribution in [0.5, 0.6) is 0 Å². The number of anilines is 2. The Morgan fingerprint density at radius 2 is 1.94 bits per heavy atom. The number of fused-ring (bicyclic) bond motifs is 1. The first-order valence-corrected chi connectivity index (χ1v) is 12.8. The highest BCUT2D eigenvalue weighted by Gasteiger charge is 2.35. The Balaban J connectivity index is 1.70. The van der Waals surface area contributed by atoms with Crippen molar-refractivity contribution in [2.45, 2.75) is 39.9 Å². The number of ether oxygens (including phenoxy) is 1. The summed E-state index contributed by atoms with van der Waals surface area (Å²) in [5, 5.41) is 5.47. The molecule has 0 bridgehead atoms. The van der Waals surface area contributed by atoms with Gasteiger partial charge >= 0.3 is 6.03 Å². The van der Waals surface area contributed by atoms with Crippen LogP contribution >= 0.6 is 0 Å². The van der Waals surface area contributed by atoms with E-state index >= 15 is 0 Å². The molecule has 1 saturated heterocycles. The molecule has 0 aliphatic carbocycles. The standard InChI is InChI=1S/C22H30N6O4S/c1-4-23-22(29)24-17-8-6-16(7-9-17)20-25-19-13-27(33(30,31)5-2)12-18(19)21(26-20)28-10-11-32-14-15(28)3/h6-9,15H,4-5,10-14H2,1-3H3,(H2,23,24,29)/t15-/m0/s1. The summed E-state index contributed by atoms with van der Waals surface area (Å²) in [6.07, 6.45) is 0. The Kier molecular flexibility index (Phi) is 6.82. The zero-order valence-corrected chi connectivity index (χ0v) is 20.0. The van der Waals surface area contributed by atoms with Gasteiger partial charge in [-0.1, -0.05) is 0 Å². The lowest BCUT2D eigenvalue weighted by molar-refractivity contribution is 0.0984. The number of carbonyl (C=O) groups excluding carboxylic acids is 1. The summed E-state index contributed by atoms with van der Waals surface area (Å²) in [7, 11) is -3.35. The quantitative estimate of drug-likeness (QED) is 0.659. The maximum atomic E-state index is 12.6. The maximum Gasteiger partial charge on any atom is 0.319 e. The van der Waals surface area contributed by atoms with Gasteiger partial charge in [0, 0.05) is 36.4 Å². The van der Waals surface area contributed by atoms with E-state index in [2.05, 4.69) is 22.5 Å². The first-order valence-electron chi connectivity index (χ1n) is 11.2. The van der Waals surface area contributed by atoms with Crippen LogP contribution in [0.3, 0.4) is 0 Å². The Morgan fingerprint density at radius 3 is 2.61 bits per heavy atom. The number of morpholine rings is 1. The molecule has 2 N–H and O–H groups in total. The van der Waals surface area contributed by atoms with E-state index in [4.69, 9.17) is 14.7 Å². The molecule has 11 heteroatoms. The highest BCUT2D eigenvalue weighted by Crippen LogP contribution is 2.34. The van der Waals surface area contributed by atoms with E-state index in [9.17, 15) is 13.2 Å². The largest absolute Gasteiger partial charge is 0.377 e. The van der Waals surface area contributed by atoms with Gasteiger partial charge < -0.3 is 20.3 Å². The van der Waals surface area contributed by atoms with E-state index in [0.717, 1.165) is 22.6 Å². The van der Waals surface area contributed by atoms with Crippen LogP contribution in [-0.4, -0.2) is 66.8 Å². The molecule has 10 nitrogen and oxygen atoms in total. The molecule has 178 valence electrons. The third-order valence-corrected chi connectivity index (χ3v) is 7.64. The van der Waals surface area contributed by atoms with Crippen molar-refractivity contribution in [3.05, 3.63) is 35.5 Å². The lowest BCUT2D eigenvalue weighted by atomic mass is 10.1. The highest BCUT2D eigenvalue weighted by atomic mass is 32.2. The van der Waals surface area contributed by atoms with Gasteiger partial charge in [-0.2, -0.15) is 4.31 Å². The van der Waals surface area contributed by atoms with Crippen molar-refractivity contribution >= 4 is 27.6 Å². The van der Waals surface area contributed by atoms with Crippen LogP contribution in [0.15, 0.2) is 24.3 Å². The van der Waals surface area contributed by atoms with Crippen LogP contribution in [0.25, 0.3) is 11.4 Å². The molecular weight excluding hydrogens is 444 g/mol. The third-order valence-electron chi connectivity index (χ3n) is 5.87. The van der Waals surface area contributed by atoms with Crippen LogP contribution in [-0.2, 0) is 27.8 Å². The molecule has 1 aromatic heterocycles. The van der Waals surface area contributed by atoms with Gasteiger partial charge in [0.05, 0.1) is 37.2 Å². The maximum absolute atomic E-state index is 12.6. The number of amides is 2. The second kappa shape index (κ2) is 9.62. The fourth-order valence-electron chi connectivity index (χ4n) is 4.04. The predicted molar refractivity (Wildman–Crippen MR) is 126 cm³/mol. The van der Waals surface area contributed by atoms with E-state index in [1.807, 2.05) is 19.1 Å². The van der Waals surface area contributed by atoms with Crippen molar-refractivity contribution in [1.82, 2.24) is 19.6 Å². The van der Waals surface area contributed by atoms with Crippen LogP contribution in [0.4, 0.5) is 16.3 Å². The number of hydrogen-bond acceptors (Lipinski definition) is 7. The summed E-state index contributed by atoms with van der Waals surface area (Å²) in [6.45, 7) is 8.50. The monoisotopic (exact) mass is 474 g/mol. The highest BCUT2D eigenvalue weighted by molar-refractivity contribution is 7.89. The number of hydrogen-bond donors (Lipinski definition) is 2. The van der Waals surface area contributed by atoms with E-state index in [-0.39, 0.29) is 30.9 Å². The summed E-state index contributed by atoms with van der Waals surface area (Å²) in [5.74, 6) is 1.34. The SMILES string of the molecule is CCNC(=O)Nc1ccc(-c2nc3c(c(N4CCOC[C@@H]4C)n2)CN(S(=O)(=O)CC)C3)cc1. The van der Waals surface area contributed by atoms with Gasteiger partial charge in [0.2, 0.25) is 10.0 Å². The van der Waals surface area contributed by atoms with Crippen molar-refractivity contribution < 1.29 is 17.9 Å². The van der Waals surface area contributed by atoms with Crippen molar-refractivity contribution in [2.75, 3.05) is 42.3 Å². The lowest BCUT2D eigenvalue weighted by Gasteiger charge is -2.35. The molecule has 2 amide bonds. The minimum atomic E-state index is -3.35. The number of nitrogens with zero attached hydrogens (tertiary/aromatic N) is 4. The molecular formula is C22H30N6O4S. The zero-order valence-electron chi connectivity index (χ0n) is 19.2. The molecule has 33 heavy (non-hydrogen) atoms.